The average molecular weight is 376 g/mol. The number of hydrogen-bond acceptors (Lipinski definition) is 5. The maximum Gasteiger partial charge on any atom is 0.249 e. The van der Waals surface area contributed by atoms with Crippen LogP contribution < -0.4 is 11.1 Å². The van der Waals surface area contributed by atoms with Crippen LogP contribution in [0.15, 0.2) is 48.7 Å². The molecule has 0 saturated carbocycles. The Kier molecular flexibility index (Phi) is 4.44. The van der Waals surface area contributed by atoms with Gasteiger partial charge in [0.25, 0.3) is 0 Å². The average Bonchev–Trinajstić information content (AvgIpc) is 3.10. The van der Waals surface area contributed by atoms with Gasteiger partial charge in [-0.1, -0.05) is 24.3 Å². The Morgan fingerprint density at radius 3 is 2.75 bits per heavy atom. The third-order valence-electron chi connectivity index (χ3n) is 4.31. The summed E-state index contributed by atoms with van der Waals surface area (Å²) in [6, 6.07) is 11.6. The SMILES string of the molecule is Cc1nc(NCc2cccc(F)c2)nc(-c2[nH]cc3c(C(N)=O)cccc23)n1. The summed E-state index contributed by atoms with van der Waals surface area (Å²) in [5.74, 6) is 0.544. The summed E-state index contributed by atoms with van der Waals surface area (Å²) >= 11 is 0. The van der Waals surface area contributed by atoms with Crippen LogP contribution in [-0.4, -0.2) is 25.8 Å². The van der Waals surface area contributed by atoms with E-state index in [2.05, 4.69) is 25.3 Å². The molecule has 0 fully saturated rings. The fourth-order valence-corrected chi connectivity index (χ4v) is 3.06. The maximum absolute atomic E-state index is 13.3. The van der Waals surface area contributed by atoms with Crippen molar-refractivity contribution in [1.82, 2.24) is 19.9 Å². The minimum absolute atomic E-state index is 0.296. The molecule has 140 valence electrons. The van der Waals surface area contributed by atoms with Gasteiger partial charge in [-0.3, -0.25) is 4.79 Å². The number of carbonyl (C=O) groups is 1. The Hall–Kier alpha value is -3.81. The lowest BCUT2D eigenvalue weighted by molar-refractivity contribution is 0.100. The van der Waals surface area contributed by atoms with Crippen molar-refractivity contribution in [3.63, 3.8) is 0 Å². The minimum atomic E-state index is -0.500. The van der Waals surface area contributed by atoms with Gasteiger partial charge in [0.15, 0.2) is 5.82 Å². The topological polar surface area (TPSA) is 110 Å². The molecule has 7 nitrogen and oxygen atoms in total. The largest absolute Gasteiger partial charge is 0.366 e. The maximum atomic E-state index is 13.3. The number of aryl methyl sites for hydroxylation is 1. The number of aromatic amines is 1. The standard InChI is InChI=1S/C20H17FN6O/c1-11-25-19(17-14-6-3-7-15(18(22)28)16(14)10-23-17)27-20(26-11)24-9-12-4-2-5-13(21)8-12/h2-8,10,23H,9H2,1H3,(H2,22,28)(H,24,25,26,27). The highest BCUT2D eigenvalue weighted by molar-refractivity contribution is 6.09. The van der Waals surface area contributed by atoms with Crippen molar-refractivity contribution in [3.8, 4) is 11.5 Å². The highest BCUT2D eigenvalue weighted by Gasteiger charge is 2.15. The van der Waals surface area contributed by atoms with Gasteiger partial charge in [0.1, 0.15) is 11.6 Å². The van der Waals surface area contributed by atoms with Crippen molar-refractivity contribution in [3.05, 3.63) is 71.4 Å². The number of halogens is 1. The molecule has 0 atom stereocenters. The van der Waals surface area contributed by atoms with E-state index >= 15 is 0 Å². The lowest BCUT2D eigenvalue weighted by Gasteiger charge is -2.08. The molecular formula is C20H17FN6O. The molecule has 2 aromatic heterocycles. The molecule has 0 aliphatic rings. The Balaban J connectivity index is 1.68. The number of anilines is 1. The number of aromatic nitrogens is 4. The first-order chi connectivity index (χ1) is 13.5. The number of primary amides is 1. The van der Waals surface area contributed by atoms with Gasteiger partial charge in [-0.05, 0) is 30.7 Å². The van der Waals surface area contributed by atoms with Crippen molar-refractivity contribution < 1.29 is 9.18 Å². The molecule has 0 aliphatic carbocycles. The monoisotopic (exact) mass is 376 g/mol. The second kappa shape index (κ2) is 7.07. The summed E-state index contributed by atoms with van der Waals surface area (Å²) in [6.07, 6.45) is 1.71. The number of nitrogens with one attached hydrogen (secondary N) is 2. The van der Waals surface area contributed by atoms with Crippen LogP contribution in [0.2, 0.25) is 0 Å². The van der Waals surface area contributed by atoms with Crippen LogP contribution in [0.25, 0.3) is 22.3 Å². The number of benzene rings is 2. The predicted octanol–water partition coefficient (Wildman–Crippen LogP) is 3.18. The van der Waals surface area contributed by atoms with Gasteiger partial charge in [-0.25, -0.2) is 9.37 Å². The van der Waals surface area contributed by atoms with Crippen LogP contribution >= 0.6 is 0 Å². The molecular weight excluding hydrogens is 359 g/mol. The van der Waals surface area contributed by atoms with Gasteiger partial charge in [-0.2, -0.15) is 9.97 Å². The Morgan fingerprint density at radius 1 is 1.14 bits per heavy atom. The van der Waals surface area contributed by atoms with Gasteiger partial charge in [-0.15, -0.1) is 0 Å². The Bertz CT molecular complexity index is 1190. The molecule has 8 heteroatoms. The van der Waals surface area contributed by atoms with Crippen LogP contribution in [0.3, 0.4) is 0 Å². The van der Waals surface area contributed by atoms with Crippen molar-refractivity contribution in [2.24, 2.45) is 5.73 Å². The lowest BCUT2D eigenvalue weighted by Crippen LogP contribution is -2.10. The van der Waals surface area contributed by atoms with Crippen LogP contribution in [0.1, 0.15) is 21.7 Å². The minimum Gasteiger partial charge on any atom is -0.366 e. The van der Waals surface area contributed by atoms with Crippen molar-refractivity contribution in [2.75, 3.05) is 5.32 Å². The van der Waals surface area contributed by atoms with Crippen molar-refractivity contribution in [2.45, 2.75) is 13.5 Å². The molecule has 2 heterocycles. The fourth-order valence-electron chi connectivity index (χ4n) is 3.06. The third-order valence-corrected chi connectivity index (χ3v) is 4.31. The van der Waals surface area contributed by atoms with Crippen molar-refractivity contribution >= 4 is 22.6 Å². The fraction of sp³-hybridized carbons (Fsp3) is 0.100. The second-order valence-electron chi connectivity index (χ2n) is 6.31. The van der Waals surface area contributed by atoms with Crippen molar-refractivity contribution in [1.29, 1.82) is 0 Å². The number of hydrogen-bond donors (Lipinski definition) is 3. The smallest absolute Gasteiger partial charge is 0.249 e. The van der Waals surface area contributed by atoms with Gasteiger partial charge in [0.2, 0.25) is 11.9 Å². The molecule has 4 rings (SSSR count). The van der Waals surface area contributed by atoms with Gasteiger partial charge < -0.3 is 16.0 Å². The molecule has 1 amide bonds. The number of rotatable bonds is 5. The van der Waals surface area contributed by atoms with Gasteiger partial charge in [0.05, 0.1) is 5.69 Å². The number of fused-ring (bicyclic) bond motifs is 1. The number of carbonyl (C=O) groups excluding carboxylic acids is 1. The van der Waals surface area contributed by atoms with E-state index in [1.165, 1.54) is 12.1 Å². The molecule has 0 unspecified atom stereocenters. The molecule has 0 aliphatic heterocycles. The van der Waals surface area contributed by atoms with Crippen LogP contribution in [0.5, 0.6) is 0 Å². The predicted molar refractivity (Wildman–Crippen MR) is 104 cm³/mol. The summed E-state index contributed by atoms with van der Waals surface area (Å²) in [5, 5.41) is 4.59. The lowest BCUT2D eigenvalue weighted by atomic mass is 10.1. The summed E-state index contributed by atoms with van der Waals surface area (Å²) in [4.78, 5) is 27.9. The zero-order chi connectivity index (χ0) is 19.7. The van der Waals surface area contributed by atoms with Gasteiger partial charge >= 0.3 is 0 Å². The highest BCUT2D eigenvalue weighted by atomic mass is 19.1. The number of amides is 1. The quantitative estimate of drug-likeness (QED) is 0.496. The van der Waals surface area contributed by atoms with E-state index in [0.717, 1.165) is 10.9 Å². The van der Waals surface area contributed by atoms with E-state index in [4.69, 9.17) is 5.73 Å². The third kappa shape index (κ3) is 3.39. The van der Waals surface area contributed by atoms with E-state index in [-0.39, 0.29) is 5.82 Å². The molecule has 4 aromatic rings. The summed E-state index contributed by atoms with van der Waals surface area (Å²) in [6.45, 7) is 2.14. The second-order valence-corrected chi connectivity index (χ2v) is 6.31. The zero-order valence-corrected chi connectivity index (χ0v) is 15.0. The molecule has 0 saturated heterocycles. The summed E-state index contributed by atoms with van der Waals surface area (Å²) < 4.78 is 13.3. The number of nitrogens with zero attached hydrogens (tertiary/aromatic N) is 3. The highest BCUT2D eigenvalue weighted by Crippen LogP contribution is 2.28. The summed E-state index contributed by atoms with van der Waals surface area (Å²) in [5.41, 5.74) is 7.32. The van der Waals surface area contributed by atoms with E-state index in [1.807, 2.05) is 12.1 Å². The zero-order valence-electron chi connectivity index (χ0n) is 15.0. The Labute approximate surface area is 159 Å². The first kappa shape index (κ1) is 17.6. The Morgan fingerprint density at radius 2 is 1.96 bits per heavy atom. The van der Waals surface area contributed by atoms with E-state index in [0.29, 0.717) is 40.8 Å². The van der Waals surface area contributed by atoms with E-state index < -0.39 is 5.91 Å². The summed E-state index contributed by atoms with van der Waals surface area (Å²) in [7, 11) is 0. The van der Waals surface area contributed by atoms with E-state index in [9.17, 15) is 9.18 Å². The van der Waals surface area contributed by atoms with Crippen LogP contribution in [-0.2, 0) is 6.54 Å². The molecule has 2 aromatic carbocycles. The van der Waals surface area contributed by atoms with Crippen LogP contribution in [0.4, 0.5) is 10.3 Å². The molecule has 0 bridgehead atoms. The van der Waals surface area contributed by atoms with Crippen LogP contribution in [0, 0.1) is 12.7 Å². The molecule has 0 radical (unpaired) electrons. The molecule has 0 spiro atoms. The first-order valence-corrected chi connectivity index (χ1v) is 8.62. The molecule has 28 heavy (non-hydrogen) atoms. The number of H-pyrrole nitrogens is 1. The van der Waals surface area contributed by atoms with Gasteiger partial charge in [0, 0.05) is 29.1 Å². The first-order valence-electron chi connectivity index (χ1n) is 8.62. The molecule has 4 N–H and O–H groups in total. The number of nitrogens with two attached hydrogens (primary N) is 1. The van der Waals surface area contributed by atoms with E-state index in [1.54, 1.807) is 31.3 Å². The normalized spacial score (nSPS) is 10.9.